The van der Waals surface area contributed by atoms with Crippen LogP contribution in [-0.4, -0.2) is 15.8 Å². The maximum absolute atomic E-state index is 13.0. The Kier molecular flexibility index (Phi) is 5.91. The molecule has 7 heteroatoms. The van der Waals surface area contributed by atoms with E-state index in [9.17, 15) is 18.0 Å². The standard InChI is InChI=1S/C23H26F3N3O/c24-23(25,26)22-10-7-17(13-28-22)14-1-5-16(6-2-14)21(30)11-20-19(15-3-4-15)9-8-18(12-27)29-20/h7-10,13-16H,1-6,11-12,27H2. The normalized spacial score (nSPS) is 22.1. The first-order valence-corrected chi connectivity index (χ1v) is 10.6. The number of alkyl halides is 3. The fourth-order valence-electron chi connectivity index (χ4n) is 4.45. The Labute approximate surface area is 174 Å². The van der Waals surface area contributed by atoms with E-state index in [-0.39, 0.29) is 17.6 Å². The van der Waals surface area contributed by atoms with E-state index in [1.807, 2.05) is 6.07 Å². The van der Waals surface area contributed by atoms with Crippen LogP contribution in [0.5, 0.6) is 0 Å². The number of nitrogens with zero attached hydrogens (tertiary/aromatic N) is 2. The summed E-state index contributed by atoms with van der Waals surface area (Å²) in [4.78, 5) is 21.2. The average Bonchev–Trinajstić information content (AvgIpc) is 3.58. The highest BCUT2D eigenvalue weighted by Crippen LogP contribution is 2.42. The predicted octanol–water partition coefficient (Wildman–Crippen LogP) is 4.92. The van der Waals surface area contributed by atoms with E-state index in [1.165, 1.54) is 17.8 Å². The van der Waals surface area contributed by atoms with Crippen LogP contribution in [0.1, 0.15) is 78.6 Å². The van der Waals surface area contributed by atoms with Crippen molar-refractivity contribution < 1.29 is 18.0 Å². The van der Waals surface area contributed by atoms with Gasteiger partial charge in [-0.3, -0.25) is 14.8 Å². The molecular weight excluding hydrogens is 391 g/mol. The van der Waals surface area contributed by atoms with Gasteiger partial charge >= 0.3 is 6.18 Å². The summed E-state index contributed by atoms with van der Waals surface area (Å²) >= 11 is 0. The van der Waals surface area contributed by atoms with Crippen molar-refractivity contribution in [2.75, 3.05) is 0 Å². The minimum atomic E-state index is -4.42. The van der Waals surface area contributed by atoms with Crippen LogP contribution in [0.4, 0.5) is 13.2 Å². The van der Waals surface area contributed by atoms with E-state index in [1.54, 1.807) is 0 Å². The highest BCUT2D eigenvalue weighted by molar-refractivity contribution is 5.83. The summed E-state index contributed by atoms with van der Waals surface area (Å²) < 4.78 is 38.1. The maximum atomic E-state index is 13.0. The molecule has 0 atom stereocenters. The van der Waals surface area contributed by atoms with Crippen molar-refractivity contribution in [3.63, 3.8) is 0 Å². The summed E-state index contributed by atoms with van der Waals surface area (Å²) in [5.41, 5.74) is 8.54. The van der Waals surface area contributed by atoms with E-state index in [2.05, 4.69) is 16.0 Å². The first kappa shape index (κ1) is 21.0. The molecule has 160 valence electrons. The molecule has 4 rings (SSSR count). The molecule has 2 fully saturated rings. The Bertz CT molecular complexity index is 899. The molecule has 2 saturated carbocycles. The smallest absolute Gasteiger partial charge is 0.325 e. The molecule has 0 amide bonds. The van der Waals surface area contributed by atoms with Gasteiger partial charge in [-0.05, 0) is 73.6 Å². The van der Waals surface area contributed by atoms with Gasteiger partial charge in [0.1, 0.15) is 11.5 Å². The van der Waals surface area contributed by atoms with Gasteiger partial charge < -0.3 is 5.73 Å². The summed E-state index contributed by atoms with van der Waals surface area (Å²) in [5.74, 6) is 0.876. The number of pyridine rings is 2. The summed E-state index contributed by atoms with van der Waals surface area (Å²) in [6, 6.07) is 6.59. The molecule has 0 saturated heterocycles. The van der Waals surface area contributed by atoms with Gasteiger partial charge in [0.2, 0.25) is 0 Å². The van der Waals surface area contributed by atoms with Gasteiger partial charge in [0, 0.05) is 25.1 Å². The molecule has 2 aromatic rings. The number of carbonyl (C=O) groups is 1. The van der Waals surface area contributed by atoms with Crippen LogP contribution in [0, 0.1) is 5.92 Å². The summed E-state index contributed by atoms with van der Waals surface area (Å²) in [6.07, 6.45) is 2.63. The number of hydrogen-bond donors (Lipinski definition) is 1. The van der Waals surface area contributed by atoms with Gasteiger partial charge in [0.15, 0.2) is 0 Å². The van der Waals surface area contributed by atoms with E-state index < -0.39 is 11.9 Å². The molecule has 0 aliphatic heterocycles. The lowest BCUT2D eigenvalue weighted by atomic mass is 9.76. The number of rotatable bonds is 6. The molecule has 30 heavy (non-hydrogen) atoms. The van der Waals surface area contributed by atoms with Crippen LogP contribution in [-0.2, 0) is 23.9 Å². The SMILES string of the molecule is NCc1ccc(C2CC2)c(CC(=O)C2CCC(c3ccc(C(F)(F)F)nc3)CC2)n1. The third kappa shape index (κ3) is 4.72. The number of nitrogens with two attached hydrogens (primary N) is 1. The van der Waals surface area contributed by atoms with E-state index in [0.717, 1.165) is 61.5 Å². The van der Waals surface area contributed by atoms with Crippen LogP contribution in [0.15, 0.2) is 30.5 Å². The maximum Gasteiger partial charge on any atom is 0.433 e. The molecule has 2 aliphatic carbocycles. The number of ketones is 1. The fourth-order valence-corrected chi connectivity index (χ4v) is 4.45. The second-order valence-corrected chi connectivity index (χ2v) is 8.48. The van der Waals surface area contributed by atoms with Crippen LogP contribution in [0.25, 0.3) is 0 Å². The van der Waals surface area contributed by atoms with Crippen molar-refractivity contribution in [2.24, 2.45) is 11.7 Å². The van der Waals surface area contributed by atoms with Gasteiger partial charge in [-0.1, -0.05) is 12.1 Å². The van der Waals surface area contributed by atoms with Crippen molar-refractivity contribution >= 4 is 5.78 Å². The molecule has 2 N–H and O–H groups in total. The Balaban J connectivity index is 1.37. The van der Waals surface area contributed by atoms with Gasteiger partial charge in [0.25, 0.3) is 0 Å². The third-order valence-electron chi connectivity index (χ3n) is 6.37. The van der Waals surface area contributed by atoms with Crippen LogP contribution in [0.2, 0.25) is 0 Å². The van der Waals surface area contributed by atoms with Crippen molar-refractivity contribution in [1.82, 2.24) is 9.97 Å². The third-order valence-corrected chi connectivity index (χ3v) is 6.37. The first-order valence-electron chi connectivity index (χ1n) is 10.6. The van der Waals surface area contributed by atoms with Gasteiger partial charge in [-0.25, -0.2) is 0 Å². The zero-order valence-corrected chi connectivity index (χ0v) is 16.8. The molecule has 2 heterocycles. The summed E-state index contributed by atoms with van der Waals surface area (Å²) in [5, 5.41) is 0. The van der Waals surface area contributed by atoms with Crippen LogP contribution < -0.4 is 5.73 Å². The Hall–Kier alpha value is -2.28. The zero-order chi connectivity index (χ0) is 21.3. The molecule has 2 aliphatic rings. The quantitative estimate of drug-likeness (QED) is 0.725. The number of aromatic nitrogens is 2. The lowest BCUT2D eigenvalue weighted by Crippen LogP contribution is -2.23. The van der Waals surface area contributed by atoms with Gasteiger partial charge in [0.05, 0.1) is 11.4 Å². The minimum absolute atomic E-state index is 0.0148. The summed E-state index contributed by atoms with van der Waals surface area (Å²) in [6.45, 7) is 0.360. The summed E-state index contributed by atoms with van der Waals surface area (Å²) in [7, 11) is 0. The van der Waals surface area contributed by atoms with Crippen molar-refractivity contribution in [3.8, 4) is 0 Å². The fraction of sp³-hybridized carbons (Fsp3) is 0.522. The van der Waals surface area contributed by atoms with E-state index >= 15 is 0 Å². The molecule has 0 aromatic carbocycles. The van der Waals surface area contributed by atoms with Crippen molar-refractivity contribution in [2.45, 2.75) is 69.5 Å². The minimum Gasteiger partial charge on any atom is -0.325 e. The van der Waals surface area contributed by atoms with Gasteiger partial charge in [-0.2, -0.15) is 13.2 Å². The Morgan fingerprint density at radius 2 is 1.70 bits per heavy atom. The van der Waals surface area contributed by atoms with Crippen LogP contribution >= 0.6 is 0 Å². The molecule has 0 radical (unpaired) electrons. The molecular formula is C23H26F3N3O. The number of Topliss-reactive ketones (excluding diaryl/α,β-unsaturated/α-hetero) is 1. The Morgan fingerprint density at radius 3 is 2.27 bits per heavy atom. The molecule has 4 nitrogen and oxygen atoms in total. The predicted molar refractivity (Wildman–Crippen MR) is 107 cm³/mol. The second kappa shape index (κ2) is 8.46. The lowest BCUT2D eigenvalue weighted by molar-refractivity contribution is -0.141. The van der Waals surface area contributed by atoms with E-state index in [4.69, 9.17) is 5.73 Å². The lowest BCUT2D eigenvalue weighted by Gasteiger charge is -2.28. The molecule has 0 bridgehead atoms. The van der Waals surface area contributed by atoms with Gasteiger partial charge in [-0.15, -0.1) is 0 Å². The molecule has 0 spiro atoms. The number of carbonyl (C=O) groups excluding carboxylic acids is 1. The number of hydrogen-bond acceptors (Lipinski definition) is 4. The zero-order valence-electron chi connectivity index (χ0n) is 16.8. The average molecular weight is 417 g/mol. The van der Waals surface area contributed by atoms with Crippen molar-refractivity contribution in [3.05, 3.63) is 58.7 Å². The second-order valence-electron chi connectivity index (χ2n) is 8.48. The highest BCUT2D eigenvalue weighted by atomic mass is 19.4. The Morgan fingerprint density at radius 1 is 1.00 bits per heavy atom. The molecule has 2 aromatic heterocycles. The topological polar surface area (TPSA) is 68.9 Å². The monoisotopic (exact) mass is 417 g/mol. The number of halogens is 3. The molecule has 0 unspecified atom stereocenters. The largest absolute Gasteiger partial charge is 0.433 e. The van der Waals surface area contributed by atoms with Crippen LogP contribution in [0.3, 0.4) is 0 Å². The van der Waals surface area contributed by atoms with E-state index in [0.29, 0.717) is 18.9 Å². The highest BCUT2D eigenvalue weighted by Gasteiger charge is 2.33. The first-order chi connectivity index (χ1) is 14.3. The van der Waals surface area contributed by atoms with Crippen molar-refractivity contribution in [1.29, 1.82) is 0 Å².